The number of ketones is 1. The predicted molar refractivity (Wildman–Crippen MR) is 79.4 cm³/mol. The van der Waals surface area contributed by atoms with Crippen molar-refractivity contribution in [2.24, 2.45) is 0 Å². The fraction of sp³-hybridized carbons (Fsp3) is 0. The summed E-state index contributed by atoms with van der Waals surface area (Å²) in [6.45, 7) is 0. The number of furan rings is 1. The Labute approximate surface area is 121 Å². The molecule has 0 unspecified atom stereocenters. The Morgan fingerprint density at radius 2 is 1.52 bits per heavy atom. The maximum atomic E-state index is 12.5. The molecule has 0 aliphatic rings. The molecule has 102 valence electrons. The van der Waals surface area contributed by atoms with E-state index in [9.17, 15) is 9.59 Å². The summed E-state index contributed by atoms with van der Waals surface area (Å²) in [6, 6.07) is 18.1. The second-order valence-electron chi connectivity index (χ2n) is 4.57. The lowest BCUT2D eigenvalue weighted by molar-refractivity contribution is 0.103. The van der Waals surface area contributed by atoms with Crippen LogP contribution >= 0.6 is 0 Å². The first-order valence-corrected chi connectivity index (χ1v) is 6.53. The van der Waals surface area contributed by atoms with Crippen molar-refractivity contribution in [3.05, 3.63) is 83.6 Å². The molecule has 3 heteroatoms. The van der Waals surface area contributed by atoms with Crippen molar-refractivity contribution >= 4 is 12.1 Å². The monoisotopic (exact) mass is 276 g/mol. The Kier molecular flexibility index (Phi) is 3.48. The highest BCUT2D eigenvalue weighted by Gasteiger charge is 2.20. The van der Waals surface area contributed by atoms with Crippen LogP contribution in [0.3, 0.4) is 0 Å². The highest BCUT2D eigenvalue weighted by molar-refractivity contribution is 6.14. The van der Waals surface area contributed by atoms with Gasteiger partial charge in [0.25, 0.3) is 0 Å². The zero-order chi connectivity index (χ0) is 14.7. The molecule has 3 aromatic rings. The molecule has 0 fully saturated rings. The summed E-state index contributed by atoms with van der Waals surface area (Å²) in [5.74, 6) is 0.202. The molecule has 0 saturated heterocycles. The molecule has 0 radical (unpaired) electrons. The van der Waals surface area contributed by atoms with Crippen LogP contribution in [0.2, 0.25) is 0 Å². The van der Waals surface area contributed by atoms with Crippen molar-refractivity contribution in [1.82, 2.24) is 0 Å². The van der Waals surface area contributed by atoms with Gasteiger partial charge in [0.05, 0.1) is 11.1 Å². The summed E-state index contributed by atoms with van der Waals surface area (Å²) in [6.07, 6.45) is 2.02. The summed E-state index contributed by atoms with van der Waals surface area (Å²) in [4.78, 5) is 23.9. The SMILES string of the molecule is O=Cc1c(C(=O)c2ccccc2)coc1-c1ccccc1. The molecule has 21 heavy (non-hydrogen) atoms. The Morgan fingerprint density at radius 3 is 2.14 bits per heavy atom. The van der Waals surface area contributed by atoms with Gasteiger partial charge in [0.1, 0.15) is 12.0 Å². The van der Waals surface area contributed by atoms with Gasteiger partial charge in [0, 0.05) is 11.1 Å². The largest absolute Gasteiger partial charge is 0.463 e. The van der Waals surface area contributed by atoms with Crippen LogP contribution in [-0.2, 0) is 0 Å². The van der Waals surface area contributed by atoms with Gasteiger partial charge in [0.2, 0.25) is 0 Å². The quantitative estimate of drug-likeness (QED) is 0.534. The van der Waals surface area contributed by atoms with Crippen molar-refractivity contribution in [3.63, 3.8) is 0 Å². The van der Waals surface area contributed by atoms with Crippen LogP contribution in [0.25, 0.3) is 11.3 Å². The van der Waals surface area contributed by atoms with E-state index in [2.05, 4.69) is 0 Å². The molecule has 0 spiro atoms. The van der Waals surface area contributed by atoms with E-state index in [0.717, 1.165) is 5.56 Å². The zero-order valence-corrected chi connectivity index (χ0v) is 11.2. The minimum Gasteiger partial charge on any atom is -0.463 e. The minimum atomic E-state index is -0.219. The fourth-order valence-electron chi connectivity index (χ4n) is 2.22. The minimum absolute atomic E-state index is 0.219. The van der Waals surface area contributed by atoms with Gasteiger partial charge in [-0.15, -0.1) is 0 Å². The smallest absolute Gasteiger partial charge is 0.197 e. The lowest BCUT2D eigenvalue weighted by atomic mass is 10.00. The van der Waals surface area contributed by atoms with Crippen LogP contribution < -0.4 is 0 Å². The zero-order valence-electron chi connectivity index (χ0n) is 11.2. The fourth-order valence-corrected chi connectivity index (χ4v) is 2.22. The highest BCUT2D eigenvalue weighted by atomic mass is 16.3. The Balaban J connectivity index is 2.08. The van der Waals surface area contributed by atoms with Gasteiger partial charge in [-0.2, -0.15) is 0 Å². The first-order chi connectivity index (χ1) is 10.3. The highest BCUT2D eigenvalue weighted by Crippen LogP contribution is 2.28. The summed E-state index contributed by atoms with van der Waals surface area (Å²) < 4.78 is 5.46. The van der Waals surface area contributed by atoms with E-state index in [-0.39, 0.29) is 16.9 Å². The summed E-state index contributed by atoms with van der Waals surface area (Å²) in [5, 5.41) is 0. The first-order valence-electron chi connectivity index (χ1n) is 6.53. The molecule has 0 atom stereocenters. The third-order valence-electron chi connectivity index (χ3n) is 3.26. The van der Waals surface area contributed by atoms with Crippen molar-refractivity contribution in [2.75, 3.05) is 0 Å². The van der Waals surface area contributed by atoms with Crippen LogP contribution in [0, 0.1) is 0 Å². The molecular formula is C18H12O3. The summed E-state index contributed by atoms with van der Waals surface area (Å²) in [5.41, 5.74) is 1.87. The van der Waals surface area contributed by atoms with Crippen LogP contribution in [0.15, 0.2) is 71.3 Å². The van der Waals surface area contributed by atoms with Gasteiger partial charge in [-0.3, -0.25) is 9.59 Å². The van der Waals surface area contributed by atoms with Gasteiger partial charge in [-0.05, 0) is 0 Å². The maximum Gasteiger partial charge on any atom is 0.197 e. The second-order valence-corrected chi connectivity index (χ2v) is 4.57. The van der Waals surface area contributed by atoms with E-state index >= 15 is 0 Å². The topological polar surface area (TPSA) is 47.3 Å². The summed E-state index contributed by atoms with van der Waals surface area (Å²) in [7, 11) is 0. The molecule has 0 N–H and O–H groups in total. The average molecular weight is 276 g/mol. The molecule has 3 nitrogen and oxygen atoms in total. The van der Waals surface area contributed by atoms with Gasteiger partial charge < -0.3 is 4.42 Å². The molecule has 1 aromatic heterocycles. The Hall–Kier alpha value is -2.94. The van der Waals surface area contributed by atoms with E-state index in [4.69, 9.17) is 4.42 Å². The van der Waals surface area contributed by atoms with Crippen molar-refractivity contribution in [1.29, 1.82) is 0 Å². The Morgan fingerprint density at radius 1 is 0.905 bits per heavy atom. The number of hydrogen-bond donors (Lipinski definition) is 0. The van der Waals surface area contributed by atoms with Crippen LogP contribution in [0.1, 0.15) is 26.3 Å². The van der Waals surface area contributed by atoms with E-state index in [1.807, 2.05) is 36.4 Å². The van der Waals surface area contributed by atoms with Crippen molar-refractivity contribution < 1.29 is 14.0 Å². The first kappa shape index (κ1) is 13.1. The average Bonchev–Trinajstić information content (AvgIpc) is 2.99. The number of carbonyl (C=O) groups is 2. The van der Waals surface area contributed by atoms with E-state index in [0.29, 0.717) is 17.6 Å². The molecule has 0 bridgehead atoms. The van der Waals surface area contributed by atoms with Gasteiger partial charge in [0.15, 0.2) is 12.1 Å². The predicted octanol–water partition coefficient (Wildman–Crippen LogP) is 3.99. The third kappa shape index (κ3) is 2.41. The maximum absolute atomic E-state index is 12.5. The normalized spacial score (nSPS) is 10.3. The van der Waals surface area contributed by atoms with E-state index < -0.39 is 0 Å². The van der Waals surface area contributed by atoms with Crippen LogP contribution in [-0.4, -0.2) is 12.1 Å². The Bertz CT molecular complexity index is 771. The molecule has 0 aliphatic carbocycles. The summed E-state index contributed by atoms with van der Waals surface area (Å²) >= 11 is 0. The third-order valence-corrected chi connectivity index (χ3v) is 3.26. The van der Waals surface area contributed by atoms with Crippen molar-refractivity contribution in [2.45, 2.75) is 0 Å². The molecule has 1 heterocycles. The molecule has 2 aromatic carbocycles. The number of aldehydes is 1. The number of carbonyl (C=O) groups excluding carboxylic acids is 2. The number of hydrogen-bond acceptors (Lipinski definition) is 3. The molecule has 0 amide bonds. The van der Waals surface area contributed by atoms with E-state index in [1.165, 1.54) is 6.26 Å². The van der Waals surface area contributed by atoms with Gasteiger partial charge >= 0.3 is 0 Å². The molecular weight excluding hydrogens is 264 g/mol. The van der Waals surface area contributed by atoms with Gasteiger partial charge in [-0.25, -0.2) is 0 Å². The molecule has 3 rings (SSSR count). The lowest BCUT2D eigenvalue weighted by Crippen LogP contribution is -2.02. The number of rotatable bonds is 4. The standard InChI is InChI=1S/C18H12O3/c19-11-15-16(17(20)13-7-3-1-4-8-13)12-21-18(15)14-9-5-2-6-10-14/h1-12H. The van der Waals surface area contributed by atoms with E-state index in [1.54, 1.807) is 24.3 Å². The van der Waals surface area contributed by atoms with Gasteiger partial charge in [-0.1, -0.05) is 60.7 Å². The number of benzene rings is 2. The van der Waals surface area contributed by atoms with Crippen LogP contribution in [0.4, 0.5) is 0 Å². The second kappa shape index (κ2) is 5.59. The van der Waals surface area contributed by atoms with Crippen LogP contribution in [0.5, 0.6) is 0 Å². The van der Waals surface area contributed by atoms with Crippen molar-refractivity contribution in [3.8, 4) is 11.3 Å². The molecule has 0 saturated carbocycles. The molecule has 0 aliphatic heterocycles. The lowest BCUT2D eigenvalue weighted by Gasteiger charge is -2.00.